The molecule has 2 atom stereocenters. The Balaban J connectivity index is 3.76. The average molecular weight is 216 g/mol. The zero-order valence-corrected chi connectivity index (χ0v) is 11.0. The largest absolute Gasteiger partial charge is 0.383 e. The summed E-state index contributed by atoms with van der Waals surface area (Å²) in [4.78, 5) is 2.44. The quantitative estimate of drug-likeness (QED) is 0.635. The average Bonchev–Trinajstić information content (AvgIpc) is 2.26. The van der Waals surface area contributed by atoms with E-state index in [1.54, 1.807) is 7.11 Å². The highest BCUT2D eigenvalue weighted by Crippen LogP contribution is 1.98. The molecule has 0 saturated heterocycles. The van der Waals surface area contributed by atoms with E-state index in [-0.39, 0.29) is 0 Å². The molecule has 0 aromatic carbocycles. The highest BCUT2D eigenvalue weighted by Gasteiger charge is 2.11. The van der Waals surface area contributed by atoms with Gasteiger partial charge in [-0.15, -0.1) is 0 Å². The van der Waals surface area contributed by atoms with Crippen molar-refractivity contribution in [2.75, 3.05) is 33.4 Å². The van der Waals surface area contributed by atoms with Gasteiger partial charge in [0, 0.05) is 32.3 Å². The first-order valence-corrected chi connectivity index (χ1v) is 6.12. The van der Waals surface area contributed by atoms with Crippen LogP contribution in [0.2, 0.25) is 0 Å². The van der Waals surface area contributed by atoms with Crippen LogP contribution in [0.5, 0.6) is 0 Å². The molecule has 0 aliphatic carbocycles. The van der Waals surface area contributed by atoms with Crippen LogP contribution in [0.1, 0.15) is 34.1 Å². The molecule has 0 aromatic rings. The van der Waals surface area contributed by atoms with Gasteiger partial charge in [0.2, 0.25) is 0 Å². The molecule has 0 spiro atoms. The third-order valence-electron chi connectivity index (χ3n) is 2.99. The van der Waals surface area contributed by atoms with Crippen molar-refractivity contribution in [3.05, 3.63) is 0 Å². The van der Waals surface area contributed by atoms with Gasteiger partial charge in [-0.25, -0.2) is 0 Å². The normalized spacial score (nSPS) is 15.6. The molecule has 0 bridgehead atoms. The fourth-order valence-electron chi connectivity index (χ4n) is 1.54. The summed E-state index contributed by atoms with van der Waals surface area (Å²) in [5, 5.41) is 3.54. The second kappa shape index (κ2) is 9.13. The number of likely N-dealkylation sites (N-methyl/N-ethyl adjacent to an activating group) is 1. The molecule has 15 heavy (non-hydrogen) atoms. The van der Waals surface area contributed by atoms with Gasteiger partial charge in [-0.3, -0.25) is 4.90 Å². The molecular weight excluding hydrogens is 188 g/mol. The van der Waals surface area contributed by atoms with Crippen LogP contribution >= 0.6 is 0 Å². The van der Waals surface area contributed by atoms with E-state index in [9.17, 15) is 0 Å². The molecule has 0 heterocycles. The van der Waals surface area contributed by atoms with Crippen LogP contribution in [0.25, 0.3) is 0 Å². The zero-order valence-electron chi connectivity index (χ0n) is 11.0. The summed E-state index contributed by atoms with van der Waals surface area (Å²) in [5.74, 6) is 0. The van der Waals surface area contributed by atoms with Crippen LogP contribution < -0.4 is 5.32 Å². The molecule has 1 N–H and O–H groups in total. The van der Waals surface area contributed by atoms with Gasteiger partial charge in [-0.2, -0.15) is 0 Å². The van der Waals surface area contributed by atoms with Gasteiger partial charge in [0.25, 0.3) is 0 Å². The number of nitrogens with one attached hydrogen (secondary N) is 1. The lowest BCUT2D eigenvalue weighted by Gasteiger charge is -2.28. The maximum Gasteiger partial charge on any atom is 0.0589 e. The number of hydrogen-bond acceptors (Lipinski definition) is 3. The lowest BCUT2D eigenvalue weighted by atomic mass is 10.2. The smallest absolute Gasteiger partial charge is 0.0589 e. The second-order valence-electron chi connectivity index (χ2n) is 4.19. The molecule has 0 amide bonds. The summed E-state index contributed by atoms with van der Waals surface area (Å²) in [6.45, 7) is 12.9. The number of nitrogens with zero attached hydrogens (tertiary/aromatic N) is 1. The first kappa shape index (κ1) is 14.9. The summed E-state index contributed by atoms with van der Waals surface area (Å²) in [5.41, 5.74) is 0. The van der Waals surface area contributed by atoms with Gasteiger partial charge < -0.3 is 10.1 Å². The lowest BCUT2D eigenvalue weighted by Crippen LogP contribution is -2.43. The van der Waals surface area contributed by atoms with E-state index in [0.717, 1.165) is 26.2 Å². The molecule has 3 nitrogen and oxygen atoms in total. The summed E-state index contributed by atoms with van der Waals surface area (Å²) < 4.78 is 5.11. The molecule has 0 rings (SSSR count). The van der Waals surface area contributed by atoms with E-state index in [4.69, 9.17) is 4.74 Å². The molecule has 92 valence electrons. The number of ether oxygens (including phenoxy) is 1. The van der Waals surface area contributed by atoms with Crippen LogP contribution in [0.3, 0.4) is 0 Å². The number of hydrogen-bond donors (Lipinski definition) is 1. The zero-order chi connectivity index (χ0) is 11.7. The Hall–Kier alpha value is -0.120. The molecule has 0 radical (unpaired) electrons. The van der Waals surface area contributed by atoms with Crippen molar-refractivity contribution in [2.24, 2.45) is 0 Å². The van der Waals surface area contributed by atoms with Crippen molar-refractivity contribution in [3.63, 3.8) is 0 Å². The van der Waals surface area contributed by atoms with Gasteiger partial charge in [0.1, 0.15) is 0 Å². The van der Waals surface area contributed by atoms with E-state index < -0.39 is 0 Å². The number of rotatable bonds is 9. The minimum atomic E-state index is 0.583. The maximum atomic E-state index is 5.11. The van der Waals surface area contributed by atoms with Crippen molar-refractivity contribution >= 4 is 0 Å². The Kier molecular flexibility index (Phi) is 9.06. The van der Waals surface area contributed by atoms with Crippen LogP contribution in [0.15, 0.2) is 0 Å². The summed E-state index contributed by atoms with van der Waals surface area (Å²) in [6.07, 6.45) is 1.19. The van der Waals surface area contributed by atoms with Gasteiger partial charge in [0.05, 0.1) is 6.61 Å². The molecule has 3 heteroatoms. The van der Waals surface area contributed by atoms with E-state index in [1.165, 1.54) is 6.42 Å². The Bertz CT molecular complexity index is 142. The van der Waals surface area contributed by atoms with Gasteiger partial charge in [0.15, 0.2) is 0 Å². The van der Waals surface area contributed by atoms with Crippen LogP contribution in [-0.2, 0) is 4.74 Å². The predicted molar refractivity (Wildman–Crippen MR) is 66.3 cm³/mol. The molecule has 2 unspecified atom stereocenters. The predicted octanol–water partition coefficient (Wildman–Crippen LogP) is 1.73. The fourth-order valence-corrected chi connectivity index (χ4v) is 1.54. The highest BCUT2D eigenvalue weighted by atomic mass is 16.5. The molecule has 0 aromatic heterocycles. The Labute approximate surface area is 95.2 Å². The van der Waals surface area contributed by atoms with Crippen molar-refractivity contribution in [2.45, 2.75) is 46.2 Å². The molecule has 0 saturated carbocycles. The van der Waals surface area contributed by atoms with Gasteiger partial charge in [-0.05, 0) is 26.8 Å². The summed E-state index contributed by atoms with van der Waals surface area (Å²) in [7, 11) is 1.76. The Morgan fingerprint density at radius 3 is 2.40 bits per heavy atom. The van der Waals surface area contributed by atoms with Crippen LogP contribution in [-0.4, -0.2) is 50.3 Å². The SMILES string of the molecule is CCC(C)NCC(C)N(CC)CCOC. The fraction of sp³-hybridized carbons (Fsp3) is 1.00. The standard InChI is InChI=1S/C12H28N2O/c1-6-11(3)13-10-12(4)14(7-2)8-9-15-5/h11-13H,6-10H2,1-5H3. The third kappa shape index (κ3) is 6.88. The topological polar surface area (TPSA) is 24.5 Å². The molecule has 0 aliphatic rings. The molecule has 0 aliphatic heterocycles. The van der Waals surface area contributed by atoms with Gasteiger partial charge in [-0.1, -0.05) is 13.8 Å². The lowest BCUT2D eigenvalue weighted by molar-refractivity contribution is 0.127. The van der Waals surface area contributed by atoms with Crippen molar-refractivity contribution in [1.82, 2.24) is 10.2 Å². The van der Waals surface area contributed by atoms with E-state index in [1.807, 2.05) is 0 Å². The van der Waals surface area contributed by atoms with E-state index >= 15 is 0 Å². The maximum absolute atomic E-state index is 5.11. The van der Waals surface area contributed by atoms with Crippen molar-refractivity contribution in [3.8, 4) is 0 Å². The minimum absolute atomic E-state index is 0.583. The molecule has 0 fully saturated rings. The van der Waals surface area contributed by atoms with Crippen molar-refractivity contribution < 1.29 is 4.74 Å². The summed E-state index contributed by atoms with van der Waals surface area (Å²) >= 11 is 0. The van der Waals surface area contributed by atoms with Crippen LogP contribution in [0, 0.1) is 0 Å². The van der Waals surface area contributed by atoms with Gasteiger partial charge >= 0.3 is 0 Å². The first-order chi connectivity index (χ1) is 7.15. The first-order valence-electron chi connectivity index (χ1n) is 6.12. The minimum Gasteiger partial charge on any atom is -0.383 e. The Morgan fingerprint density at radius 1 is 1.27 bits per heavy atom. The molecular formula is C12H28N2O. The summed E-state index contributed by atoms with van der Waals surface area (Å²) in [6, 6.07) is 1.20. The van der Waals surface area contributed by atoms with Crippen LogP contribution in [0.4, 0.5) is 0 Å². The third-order valence-corrected chi connectivity index (χ3v) is 2.99. The monoisotopic (exact) mass is 216 g/mol. The Morgan fingerprint density at radius 2 is 1.93 bits per heavy atom. The van der Waals surface area contributed by atoms with E-state index in [2.05, 4.69) is 37.9 Å². The highest BCUT2D eigenvalue weighted by molar-refractivity contribution is 4.70. The second-order valence-corrected chi connectivity index (χ2v) is 4.19. The number of methoxy groups -OCH3 is 1. The van der Waals surface area contributed by atoms with E-state index in [0.29, 0.717) is 12.1 Å². The van der Waals surface area contributed by atoms with Crippen molar-refractivity contribution in [1.29, 1.82) is 0 Å².